The van der Waals surface area contributed by atoms with Crippen molar-refractivity contribution in [1.29, 1.82) is 0 Å². The molecule has 1 unspecified atom stereocenters. The number of rotatable bonds is 7. The van der Waals surface area contributed by atoms with E-state index in [1.165, 1.54) is 0 Å². The maximum Gasteiger partial charge on any atom is 0.159 e. The number of ketones is 1. The molecular weight excluding hydrogens is 174 g/mol. The molecule has 0 aromatic carbocycles. The third-order valence-electron chi connectivity index (χ3n) is 2.55. The van der Waals surface area contributed by atoms with Crippen molar-refractivity contribution in [1.82, 2.24) is 5.32 Å². The quantitative estimate of drug-likeness (QED) is 0.632. The van der Waals surface area contributed by atoms with E-state index in [9.17, 15) is 4.79 Å². The first kappa shape index (κ1) is 13.1. The molecule has 0 aromatic heterocycles. The van der Waals surface area contributed by atoms with Crippen molar-refractivity contribution in [2.75, 3.05) is 6.54 Å². The summed E-state index contributed by atoms with van der Waals surface area (Å²) >= 11 is 0. The van der Waals surface area contributed by atoms with Gasteiger partial charge in [0, 0.05) is 12.0 Å². The predicted molar refractivity (Wildman–Crippen MR) is 61.3 cm³/mol. The van der Waals surface area contributed by atoms with E-state index in [1.54, 1.807) is 12.2 Å². The van der Waals surface area contributed by atoms with Gasteiger partial charge in [0.25, 0.3) is 0 Å². The van der Waals surface area contributed by atoms with Gasteiger partial charge in [-0.15, -0.1) is 13.2 Å². The number of Topliss-reactive ketones (excluding diaryl/α,β-unsaturated/α-hetero) is 1. The molecule has 0 saturated heterocycles. The lowest BCUT2D eigenvalue weighted by molar-refractivity contribution is -0.128. The zero-order chi connectivity index (χ0) is 11.2. The lowest BCUT2D eigenvalue weighted by Crippen LogP contribution is -2.42. The fourth-order valence-corrected chi connectivity index (χ4v) is 1.09. The van der Waals surface area contributed by atoms with E-state index in [4.69, 9.17) is 0 Å². The number of nitrogens with one attached hydrogen (secondary N) is 1. The van der Waals surface area contributed by atoms with E-state index in [2.05, 4.69) is 18.5 Å². The van der Waals surface area contributed by atoms with Crippen LogP contribution in [-0.4, -0.2) is 18.4 Å². The molecule has 0 amide bonds. The van der Waals surface area contributed by atoms with Crippen molar-refractivity contribution in [3.8, 4) is 0 Å². The van der Waals surface area contributed by atoms with Crippen LogP contribution in [0.15, 0.2) is 25.3 Å². The molecule has 0 heterocycles. The number of carbonyl (C=O) groups is 1. The van der Waals surface area contributed by atoms with Crippen molar-refractivity contribution < 1.29 is 4.79 Å². The number of carbonyl (C=O) groups excluding carboxylic acids is 1. The first-order valence-corrected chi connectivity index (χ1v) is 5.00. The molecule has 14 heavy (non-hydrogen) atoms. The Morgan fingerprint density at radius 1 is 1.50 bits per heavy atom. The van der Waals surface area contributed by atoms with E-state index in [0.717, 1.165) is 6.42 Å². The molecule has 0 saturated carbocycles. The van der Waals surface area contributed by atoms with E-state index in [-0.39, 0.29) is 17.2 Å². The molecule has 0 rings (SSSR count). The van der Waals surface area contributed by atoms with Gasteiger partial charge < -0.3 is 5.32 Å². The molecule has 80 valence electrons. The average Bonchev–Trinajstić information content (AvgIpc) is 2.18. The molecule has 0 aliphatic heterocycles. The second-order valence-electron chi connectivity index (χ2n) is 4.01. The van der Waals surface area contributed by atoms with Crippen LogP contribution in [0.2, 0.25) is 0 Å². The summed E-state index contributed by atoms with van der Waals surface area (Å²) in [5.41, 5.74) is -0.285. The minimum absolute atomic E-state index is 0.192. The lowest BCUT2D eigenvalue weighted by Gasteiger charge is -2.25. The summed E-state index contributed by atoms with van der Waals surface area (Å²) in [6, 6.07) is -0.261. The van der Waals surface area contributed by atoms with Crippen LogP contribution in [0.3, 0.4) is 0 Å². The molecular formula is C12H21NO. The normalized spacial score (nSPS) is 13.4. The van der Waals surface area contributed by atoms with Crippen LogP contribution >= 0.6 is 0 Å². The second kappa shape index (κ2) is 5.76. The highest BCUT2D eigenvalue weighted by Gasteiger charge is 2.29. The van der Waals surface area contributed by atoms with Crippen molar-refractivity contribution in [2.24, 2.45) is 5.41 Å². The Morgan fingerprint density at radius 2 is 2.07 bits per heavy atom. The van der Waals surface area contributed by atoms with Crippen molar-refractivity contribution in [3.05, 3.63) is 25.3 Å². The Morgan fingerprint density at radius 3 is 2.43 bits per heavy atom. The smallest absolute Gasteiger partial charge is 0.159 e. The monoisotopic (exact) mass is 195 g/mol. The van der Waals surface area contributed by atoms with Gasteiger partial charge in [-0.3, -0.25) is 4.79 Å². The van der Waals surface area contributed by atoms with Crippen LogP contribution in [0.5, 0.6) is 0 Å². The molecule has 0 spiro atoms. The van der Waals surface area contributed by atoms with Crippen LogP contribution in [0.1, 0.15) is 27.2 Å². The summed E-state index contributed by atoms with van der Waals surface area (Å²) in [5, 5.41) is 3.07. The standard InChI is InChI=1S/C12H21NO/c1-6-9-13-10(7-2)11(14)12(4,5)8-3/h6-7,10,13H,1-2,8-9H2,3-5H3. The number of hydrogen-bond donors (Lipinski definition) is 1. The summed E-state index contributed by atoms with van der Waals surface area (Å²) in [6.45, 7) is 13.8. The molecule has 1 N–H and O–H groups in total. The minimum atomic E-state index is -0.285. The van der Waals surface area contributed by atoms with Crippen molar-refractivity contribution in [3.63, 3.8) is 0 Å². The molecule has 1 atom stereocenters. The van der Waals surface area contributed by atoms with Gasteiger partial charge in [-0.2, -0.15) is 0 Å². The molecule has 0 aliphatic carbocycles. The van der Waals surface area contributed by atoms with Crippen LogP contribution in [0.25, 0.3) is 0 Å². The van der Waals surface area contributed by atoms with Gasteiger partial charge in [0.2, 0.25) is 0 Å². The highest BCUT2D eigenvalue weighted by atomic mass is 16.1. The van der Waals surface area contributed by atoms with E-state index >= 15 is 0 Å². The Bertz CT molecular complexity index is 218. The summed E-state index contributed by atoms with van der Waals surface area (Å²) in [4.78, 5) is 12.0. The summed E-state index contributed by atoms with van der Waals surface area (Å²) in [6.07, 6.45) is 4.23. The second-order valence-corrected chi connectivity index (χ2v) is 4.01. The van der Waals surface area contributed by atoms with Crippen LogP contribution in [-0.2, 0) is 4.79 Å². The molecule has 2 nitrogen and oxygen atoms in total. The highest BCUT2D eigenvalue weighted by Crippen LogP contribution is 2.22. The number of hydrogen-bond acceptors (Lipinski definition) is 2. The van der Waals surface area contributed by atoms with Crippen LogP contribution in [0, 0.1) is 5.41 Å². The van der Waals surface area contributed by atoms with E-state index < -0.39 is 0 Å². The molecule has 0 fully saturated rings. The summed E-state index contributed by atoms with van der Waals surface area (Å²) in [5.74, 6) is 0.192. The topological polar surface area (TPSA) is 29.1 Å². The third-order valence-corrected chi connectivity index (χ3v) is 2.55. The Kier molecular flexibility index (Phi) is 5.39. The van der Waals surface area contributed by atoms with E-state index in [0.29, 0.717) is 6.54 Å². The zero-order valence-corrected chi connectivity index (χ0v) is 9.47. The fourth-order valence-electron chi connectivity index (χ4n) is 1.09. The van der Waals surface area contributed by atoms with Crippen LogP contribution in [0.4, 0.5) is 0 Å². The molecule has 0 radical (unpaired) electrons. The highest BCUT2D eigenvalue weighted by molar-refractivity contribution is 5.90. The minimum Gasteiger partial charge on any atom is -0.301 e. The largest absolute Gasteiger partial charge is 0.301 e. The van der Waals surface area contributed by atoms with Gasteiger partial charge in [-0.1, -0.05) is 32.9 Å². The molecule has 2 heteroatoms. The molecule has 0 bridgehead atoms. The summed E-state index contributed by atoms with van der Waals surface area (Å²) in [7, 11) is 0. The fraction of sp³-hybridized carbons (Fsp3) is 0.583. The Labute approximate surface area is 87.1 Å². The van der Waals surface area contributed by atoms with Gasteiger partial charge in [-0.25, -0.2) is 0 Å². The maximum absolute atomic E-state index is 12.0. The molecule has 0 aliphatic rings. The van der Waals surface area contributed by atoms with Gasteiger partial charge in [0.15, 0.2) is 5.78 Å². The lowest BCUT2D eigenvalue weighted by atomic mass is 9.82. The zero-order valence-electron chi connectivity index (χ0n) is 9.47. The van der Waals surface area contributed by atoms with Gasteiger partial charge in [-0.05, 0) is 6.42 Å². The van der Waals surface area contributed by atoms with Crippen molar-refractivity contribution in [2.45, 2.75) is 33.2 Å². The van der Waals surface area contributed by atoms with Gasteiger partial charge in [0.05, 0.1) is 6.04 Å². The first-order chi connectivity index (χ1) is 6.49. The predicted octanol–water partition coefficient (Wildman–Crippen LogP) is 2.32. The Hall–Kier alpha value is -0.890. The Balaban J connectivity index is 4.45. The van der Waals surface area contributed by atoms with Gasteiger partial charge in [0.1, 0.15) is 0 Å². The molecule has 0 aromatic rings. The van der Waals surface area contributed by atoms with Crippen molar-refractivity contribution >= 4 is 5.78 Å². The maximum atomic E-state index is 12.0. The van der Waals surface area contributed by atoms with E-state index in [1.807, 2.05) is 20.8 Å². The average molecular weight is 195 g/mol. The summed E-state index contributed by atoms with van der Waals surface area (Å²) < 4.78 is 0. The first-order valence-electron chi connectivity index (χ1n) is 5.00. The SMILES string of the molecule is C=CCNC(C=C)C(=O)C(C)(C)CC. The van der Waals surface area contributed by atoms with Crippen LogP contribution < -0.4 is 5.32 Å². The third kappa shape index (κ3) is 3.46. The van der Waals surface area contributed by atoms with Gasteiger partial charge >= 0.3 is 0 Å².